The van der Waals surface area contributed by atoms with Crippen LogP contribution in [0.4, 0.5) is 0 Å². The summed E-state index contributed by atoms with van der Waals surface area (Å²) in [6.45, 7) is 6.24. The number of fused-ring (bicyclic) bond motifs is 1. The quantitative estimate of drug-likeness (QED) is 0.845. The fraction of sp³-hybridized carbons (Fsp3) is 0.625. The lowest BCUT2D eigenvalue weighted by atomic mass is 10.1. The smallest absolute Gasteiger partial charge is 0.165 e. The fourth-order valence-corrected chi connectivity index (χ4v) is 2.90. The van der Waals surface area contributed by atoms with E-state index in [-0.39, 0.29) is 5.92 Å². The van der Waals surface area contributed by atoms with E-state index in [1.165, 1.54) is 0 Å². The highest BCUT2D eigenvalue weighted by Crippen LogP contribution is 2.31. The molecule has 3 rings (SSSR count). The van der Waals surface area contributed by atoms with Gasteiger partial charge < -0.3 is 14.6 Å². The van der Waals surface area contributed by atoms with Crippen LogP contribution >= 0.6 is 0 Å². The molecular formula is C16H22N4O3. The molecule has 3 unspecified atom stereocenters. The van der Waals surface area contributed by atoms with Crippen molar-refractivity contribution in [3.05, 3.63) is 17.8 Å². The van der Waals surface area contributed by atoms with Gasteiger partial charge in [0.05, 0.1) is 18.1 Å². The molecule has 1 aliphatic rings. The Morgan fingerprint density at radius 3 is 2.87 bits per heavy atom. The molecule has 3 heterocycles. The number of aldehydes is 1. The molecule has 0 aromatic carbocycles. The van der Waals surface area contributed by atoms with Gasteiger partial charge in [0.1, 0.15) is 23.7 Å². The molecule has 2 aromatic heterocycles. The lowest BCUT2D eigenvalue weighted by Crippen LogP contribution is -2.21. The topological polar surface area (TPSA) is 90.1 Å². The van der Waals surface area contributed by atoms with E-state index in [9.17, 15) is 9.90 Å². The van der Waals surface area contributed by atoms with E-state index in [1.54, 1.807) is 10.9 Å². The van der Waals surface area contributed by atoms with Crippen LogP contribution in [0.3, 0.4) is 0 Å². The van der Waals surface area contributed by atoms with Gasteiger partial charge in [-0.15, -0.1) is 0 Å². The number of carbonyl (C=O) groups is 1. The maximum Gasteiger partial charge on any atom is 0.165 e. The number of nitrogens with zero attached hydrogens (tertiary/aromatic N) is 4. The Bertz CT molecular complexity index is 713. The molecule has 0 bridgehead atoms. The highest BCUT2D eigenvalue weighted by molar-refractivity contribution is 5.74. The van der Waals surface area contributed by atoms with Gasteiger partial charge in [0.15, 0.2) is 11.9 Å². The van der Waals surface area contributed by atoms with E-state index in [0.717, 1.165) is 29.9 Å². The van der Waals surface area contributed by atoms with Crippen molar-refractivity contribution in [2.45, 2.75) is 64.4 Å². The number of aryl methyl sites for hydroxylation is 1. The van der Waals surface area contributed by atoms with Gasteiger partial charge in [0.2, 0.25) is 0 Å². The molecule has 3 atom stereocenters. The molecule has 1 N–H and O–H groups in total. The highest BCUT2D eigenvalue weighted by atomic mass is 16.5. The second-order valence-electron chi connectivity index (χ2n) is 6.25. The summed E-state index contributed by atoms with van der Waals surface area (Å²) >= 11 is 0. The van der Waals surface area contributed by atoms with Crippen molar-refractivity contribution < 1.29 is 14.6 Å². The second kappa shape index (κ2) is 6.33. The molecule has 0 saturated carbocycles. The summed E-state index contributed by atoms with van der Waals surface area (Å²) in [6, 6.07) is 0. The van der Waals surface area contributed by atoms with Gasteiger partial charge in [0.25, 0.3) is 0 Å². The number of carbonyl (C=O) groups excluding carboxylic acids is 1. The fourth-order valence-electron chi connectivity index (χ4n) is 2.90. The molecule has 0 aliphatic carbocycles. The zero-order valence-corrected chi connectivity index (χ0v) is 13.6. The van der Waals surface area contributed by atoms with Crippen LogP contribution in [-0.4, -0.2) is 43.1 Å². The van der Waals surface area contributed by atoms with Crippen molar-refractivity contribution in [3.63, 3.8) is 0 Å². The normalized spacial score (nSPS) is 24.7. The molecule has 1 fully saturated rings. The van der Waals surface area contributed by atoms with E-state index >= 15 is 0 Å². The van der Waals surface area contributed by atoms with Gasteiger partial charge in [-0.1, -0.05) is 20.8 Å². The van der Waals surface area contributed by atoms with Crippen LogP contribution in [0.2, 0.25) is 0 Å². The van der Waals surface area contributed by atoms with Crippen molar-refractivity contribution in [3.8, 4) is 0 Å². The van der Waals surface area contributed by atoms with E-state index < -0.39 is 18.4 Å². The number of imidazole rings is 1. The average Bonchev–Trinajstić information content (AvgIpc) is 3.09. The summed E-state index contributed by atoms with van der Waals surface area (Å²) in [7, 11) is 0. The van der Waals surface area contributed by atoms with Crippen molar-refractivity contribution in [1.29, 1.82) is 0 Å². The first-order valence-corrected chi connectivity index (χ1v) is 8.07. The average molecular weight is 318 g/mol. The largest absolute Gasteiger partial charge is 0.390 e. The van der Waals surface area contributed by atoms with E-state index in [2.05, 4.69) is 35.7 Å². The highest BCUT2D eigenvalue weighted by Gasteiger charge is 2.35. The molecule has 0 amide bonds. The molecule has 23 heavy (non-hydrogen) atoms. The number of aromatic nitrogens is 4. The third-order valence-electron chi connectivity index (χ3n) is 4.10. The summed E-state index contributed by atoms with van der Waals surface area (Å²) < 4.78 is 7.42. The van der Waals surface area contributed by atoms with Crippen LogP contribution in [0.5, 0.6) is 0 Å². The molecule has 7 heteroatoms. The molecule has 2 aromatic rings. The van der Waals surface area contributed by atoms with Crippen molar-refractivity contribution >= 4 is 17.5 Å². The minimum Gasteiger partial charge on any atom is -0.390 e. The second-order valence-corrected chi connectivity index (χ2v) is 6.25. The minimum absolute atomic E-state index is 0.234. The maximum absolute atomic E-state index is 10.9. The van der Waals surface area contributed by atoms with Crippen LogP contribution in [0.15, 0.2) is 6.33 Å². The lowest BCUT2D eigenvalue weighted by molar-refractivity contribution is -0.122. The van der Waals surface area contributed by atoms with Crippen LogP contribution in [0, 0.1) is 0 Å². The summed E-state index contributed by atoms with van der Waals surface area (Å²) in [5.41, 5.74) is 2.38. The summed E-state index contributed by atoms with van der Waals surface area (Å²) in [5, 5.41) is 9.89. The van der Waals surface area contributed by atoms with Crippen LogP contribution in [0.25, 0.3) is 11.2 Å². The zero-order valence-electron chi connectivity index (χ0n) is 13.6. The Morgan fingerprint density at radius 1 is 1.48 bits per heavy atom. The van der Waals surface area contributed by atoms with Gasteiger partial charge in [-0.2, -0.15) is 0 Å². The molecule has 0 radical (unpaired) electrons. The van der Waals surface area contributed by atoms with Gasteiger partial charge >= 0.3 is 0 Å². The Hall–Kier alpha value is -1.86. The molecule has 0 spiro atoms. The third kappa shape index (κ3) is 2.86. The predicted octanol–water partition coefficient (Wildman–Crippen LogP) is 1.75. The Balaban J connectivity index is 2.07. The van der Waals surface area contributed by atoms with Gasteiger partial charge in [-0.3, -0.25) is 4.57 Å². The van der Waals surface area contributed by atoms with Crippen molar-refractivity contribution in [2.75, 3.05) is 0 Å². The first-order valence-electron chi connectivity index (χ1n) is 8.07. The third-order valence-corrected chi connectivity index (χ3v) is 4.10. The first-order chi connectivity index (χ1) is 11.0. The molecule has 1 aliphatic heterocycles. The van der Waals surface area contributed by atoms with Crippen LogP contribution in [0.1, 0.15) is 57.3 Å². The summed E-state index contributed by atoms with van der Waals surface area (Å²) in [4.78, 5) is 24.7. The lowest BCUT2D eigenvalue weighted by Gasteiger charge is -2.14. The van der Waals surface area contributed by atoms with Crippen LogP contribution < -0.4 is 0 Å². The SMILES string of the molecule is CCCc1nc(C(C)C)c2ncn(C3CC(O)C(C=O)O3)c2n1. The molecule has 1 saturated heterocycles. The predicted molar refractivity (Wildman–Crippen MR) is 84.0 cm³/mol. The zero-order chi connectivity index (χ0) is 16.6. The number of rotatable bonds is 5. The standard InChI is InChI=1S/C16H22N4O3/c1-4-5-12-18-14(9(2)3)15-16(19-12)20(8-17-15)13-6-10(22)11(7-21)23-13/h7-11,13,22H,4-6H2,1-3H3. The van der Waals surface area contributed by atoms with Gasteiger partial charge in [0, 0.05) is 12.8 Å². The number of hydrogen-bond acceptors (Lipinski definition) is 6. The Labute approximate surface area is 134 Å². The maximum atomic E-state index is 10.9. The molecule has 124 valence electrons. The van der Waals surface area contributed by atoms with Gasteiger partial charge in [-0.05, 0) is 12.3 Å². The summed E-state index contributed by atoms with van der Waals surface area (Å²) in [5.74, 6) is 1.02. The first kappa shape index (κ1) is 16.0. The molecular weight excluding hydrogens is 296 g/mol. The van der Waals surface area contributed by atoms with E-state index in [4.69, 9.17) is 4.74 Å². The Kier molecular flexibility index (Phi) is 4.41. The monoisotopic (exact) mass is 318 g/mol. The van der Waals surface area contributed by atoms with Crippen LogP contribution in [-0.2, 0) is 16.0 Å². The Morgan fingerprint density at radius 2 is 2.26 bits per heavy atom. The number of ether oxygens (including phenoxy) is 1. The summed E-state index contributed by atoms with van der Waals surface area (Å²) in [6.07, 6.45) is 2.38. The van der Waals surface area contributed by atoms with Gasteiger partial charge in [-0.25, -0.2) is 15.0 Å². The van der Waals surface area contributed by atoms with Crippen molar-refractivity contribution in [2.24, 2.45) is 0 Å². The number of hydrogen-bond donors (Lipinski definition) is 1. The van der Waals surface area contributed by atoms with Crippen molar-refractivity contribution in [1.82, 2.24) is 19.5 Å². The van der Waals surface area contributed by atoms with E-state index in [0.29, 0.717) is 18.4 Å². The van der Waals surface area contributed by atoms with E-state index in [1.807, 2.05) is 0 Å². The molecule has 7 nitrogen and oxygen atoms in total. The number of aliphatic hydroxyl groups excluding tert-OH is 1. The minimum atomic E-state index is -0.795. The number of aliphatic hydroxyl groups is 1.